The van der Waals surface area contributed by atoms with Crippen LogP contribution in [-0.2, 0) is 11.3 Å². The number of hydrogen-bond acceptors (Lipinski definition) is 5. The number of nitrogens with one attached hydrogen (secondary N) is 1. The van der Waals surface area contributed by atoms with Gasteiger partial charge in [-0.3, -0.25) is 4.68 Å². The van der Waals surface area contributed by atoms with Crippen LogP contribution in [0.4, 0.5) is 11.5 Å². The summed E-state index contributed by atoms with van der Waals surface area (Å²) < 4.78 is 6.76. The molecule has 6 heteroatoms. The van der Waals surface area contributed by atoms with Crippen LogP contribution in [0.15, 0.2) is 30.7 Å². The molecule has 18 heavy (non-hydrogen) atoms. The van der Waals surface area contributed by atoms with E-state index in [-0.39, 0.29) is 0 Å². The van der Waals surface area contributed by atoms with Gasteiger partial charge in [0.25, 0.3) is 0 Å². The van der Waals surface area contributed by atoms with Crippen LogP contribution in [0.5, 0.6) is 0 Å². The summed E-state index contributed by atoms with van der Waals surface area (Å²) in [5.41, 5.74) is 1.39. The largest absolute Gasteiger partial charge is 0.383 e. The Kier molecular flexibility index (Phi) is 3.89. The predicted molar refractivity (Wildman–Crippen MR) is 66.3 cm³/mol. The van der Waals surface area contributed by atoms with Gasteiger partial charge in [0.1, 0.15) is 11.9 Å². The number of ether oxygens (including phenoxy) is 1. The molecule has 2 heterocycles. The molecule has 0 aromatic carbocycles. The van der Waals surface area contributed by atoms with Crippen molar-refractivity contribution in [2.45, 2.75) is 6.54 Å². The molecule has 0 aliphatic heterocycles. The summed E-state index contributed by atoms with van der Waals surface area (Å²) in [4.78, 5) is 4.12. The zero-order valence-corrected chi connectivity index (χ0v) is 10.00. The number of methoxy groups -OCH3 is 1. The van der Waals surface area contributed by atoms with Crippen LogP contribution < -0.4 is 5.32 Å². The SMILES string of the molecule is COCCn1cc(Nc2ccc(C#N)cn2)cn1. The lowest BCUT2D eigenvalue weighted by Crippen LogP contribution is -2.03. The average Bonchev–Trinajstić information content (AvgIpc) is 2.85. The summed E-state index contributed by atoms with van der Waals surface area (Å²) in [6.45, 7) is 1.33. The fraction of sp³-hybridized carbons (Fsp3) is 0.250. The molecule has 6 nitrogen and oxygen atoms in total. The fourth-order valence-corrected chi connectivity index (χ4v) is 1.42. The maximum atomic E-state index is 8.67. The Morgan fingerprint density at radius 2 is 2.33 bits per heavy atom. The highest BCUT2D eigenvalue weighted by Gasteiger charge is 2.00. The first-order chi connectivity index (χ1) is 8.81. The molecule has 92 valence electrons. The van der Waals surface area contributed by atoms with Gasteiger partial charge < -0.3 is 10.1 Å². The van der Waals surface area contributed by atoms with Gasteiger partial charge in [-0.2, -0.15) is 10.4 Å². The Balaban J connectivity index is 2.00. The van der Waals surface area contributed by atoms with Crippen molar-refractivity contribution in [2.75, 3.05) is 19.0 Å². The highest BCUT2D eigenvalue weighted by molar-refractivity contribution is 5.54. The van der Waals surface area contributed by atoms with E-state index in [4.69, 9.17) is 10.00 Å². The minimum atomic E-state index is 0.538. The first-order valence-electron chi connectivity index (χ1n) is 5.46. The first kappa shape index (κ1) is 12.1. The van der Waals surface area contributed by atoms with Gasteiger partial charge in [-0.15, -0.1) is 0 Å². The van der Waals surface area contributed by atoms with E-state index >= 15 is 0 Å². The van der Waals surface area contributed by atoms with Crippen molar-refractivity contribution in [1.82, 2.24) is 14.8 Å². The van der Waals surface area contributed by atoms with Crippen molar-refractivity contribution < 1.29 is 4.74 Å². The normalized spacial score (nSPS) is 10.0. The molecule has 2 aromatic heterocycles. The molecule has 2 rings (SSSR count). The monoisotopic (exact) mass is 243 g/mol. The van der Waals surface area contributed by atoms with E-state index in [1.807, 2.05) is 12.3 Å². The van der Waals surface area contributed by atoms with Gasteiger partial charge in [-0.05, 0) is 12.1 Å². The molecule has 2 aromatic rings. The van der Waals surface area contributed by atoms with Crippen LogP contribution in [0.2, 0.25) is 0 Å². The molecule has 0 amide bonds. The molecule has 0 spiro atoms. The Labute approximate surface area is 105 Å². The second kappa shape index (κ2) is 5.80. The molecule has 0 saturated carbocycles. The van der Waals surface area contributed by atoms with E-state index in [1.54, 1.807) is 30.1 Å². The molecule has 0 aliphatic rings. The summed E-state index contributed by atoms with van der Waals surface area (Å²) in [6, 6.07) is 5.49. The van der Waals surface area contributed by atoms with Gasteiger partial charge in [-0.1, -0.05) is 0 Å². The van der Waals surface area contributed by atoms with Gasteiger partial charge in [0.2, 0.25) is 0 Å². The number of pyridine rings is 1. The molecular weight excluding hydrogens is 230 g/mol. The summed E-state index contributed by atoms with van der Waals surface area (Å²) in [5.74, 6) is 0.681. The van der Waals surface area contributed by atoms with E-state index in [1.165, 1.54) is 6.20 Å². The molecular formula is C12H13N5O. The van der Waals surface area contributed by atoms with Crippen molar-refractivity contribution in [2.24, 2.45) is 0 Å². The van der Waals surface area contributed by atoms with Crippen molar-refractivity contribution in [3.05, 3.63) is 36.3 Å². The maximum Gasteiger partial charge on any atom is 0.130 e. The summed E-state index contributed by atoms with van der Waals surface area (Å²) in [5, 5.41) is 16.0. The maximum absolute atomic E-state index is 8.67. The van der Waals surface area contributed by atoms with Crippen LogP contribution >= 0.6 is 0 Å². The van der Waals surface area contributed by atoms with Gasteiger partial charge in [0.05, 0.1) is 30.6 Å². The van der Waals surface area contributed by atoms with Gasteiger partial charge >= 0.3 is 0 Å². The quantitative estimate of drug-likeness (QED) is 0.862. The minimum absolute atomic E-state index is 0.538. The topological polar surface area (TPSA) is 75.8 Å². The number of nitrogens with zero attached hydrogens (tertiary/aromatic N) is 4. The average molecular weight is 243 g/mol. The molecule has 0 bridgehead atoms. The smallest absolute Gasteiger partial charge is 0.130 e. The van der Waals surface area contributed by atoms with Gasteiger partial charge in [0.15, 0.2) is 0 Å². The second-order valence-electron chi connectivity index (χ2n) is 3.65. The van der Waals surface area contributed by atoms with Crippen LogP contribution in [-0.4, -0.2) is 28.5 Å². The van der Waals surface area contributed by atoms with E-state index in [0.717, 1.165) is 5.69 Å². The van der Waals surface area contributed by atoms with Gasteiger partial charge in [-0.25, -0.2) is 4.98 Å². The Morgan fingerprint density at radius 3 is 3.00 bits per heavy atom. The van der Waals surface area contributed by atoms with Crippen LogP contribution in [0, 0.1) is 11.3 Å². The zero-order valence-electron chi connectivity index (χ0n) is 10.00. The summed E-state index contributed by atoms with van der Waals surface area (Å²) >= 11 is 0. The highest BCUT2D eigenvalue weighted by atomic mass is 16.5. The lowest BCUT2D eigenvalue weighted by molar-refractivity contribution is 0.183. The van der Waals surface area contributed by atoms with Gasteiger partial charge in [0, 0.05) is 19.5 Å². The standard InChI is InChI=1S/C12H13N5O/c1-18-5-4-17-9-11(8-15-17)16-12-3-2-10(6-13)7-14-12/h2-3,7-9H,4-5H2,1H3,(H,14,16). The number of anilines is 2. The van der Waals surface area contributed by atoms with Crippen molar-refractivity contribution in [1.29, 1.82) is 5.26 Å². The fourth-order valence-electron chi connectivity index (χ4n) is 1.42. The zero-order chi connectivity index (χ0) is 12.8. The number of hydrogen-bond donors (Lipinski definition) is 1. The van der Waals surface area contributed by atoms with Crippen LogP contribution in [0.25, 0.3) is 0 Å². The third-order valence-corrected chi connectivity index (χ3v) is 2.32. The van der Waals surface area contributed by atoms with Crippen molar-refractivity contribution in [3.63, 3.8) is 0 Å². The Hall–Kier alpha value is -2.39. The van der Waals surface area contributed by atoms with E-state index in [2.05, 4.69) is 15.4 Å². The molecule has 0 atom stereocenters. The molecule has 0 unspecified atom stereocenters. The van der Waals surface area contributed by atoms with Crippen molar-refractivity contribution in [3.8, 4) is 6.07 Å². The molecule has 0 aliphatic carbocycles. The van der Waals surface area contributed by atoms with Crippen molar-refractivity contribution >= 4 is 11.5 Å². The summed E-state index contributed by atoms with van der Waals surface area (Å²) in [6.07, 6.45) is 5.12. The second-order valence-corrected chi connectivity index (χ2v) is 3.65. The summed E-state index contributed by atoms with van der Waals surface area (Å²) in [7, 11) is 1.66. The Bertz CT molecular complexity index is 540. The third kappa shape index (κ3) is 3.06. The van der Waals surface area contributed by atoms with E-state index < -0.39 is 0 Å². The van der Waals surface area contributed by atoms with Crippen LogP contribution in [0.1, 0.15) is 5.56 Å². The lowest BCUT2D eigenvalue weighted by atomic mass is 10.3. The molecule has 0 fully saturated rings. The molecule has 0 saturated heterocycles. The Morgan fingerprint density at radius 1 is 1.44 bits per heavy atom. The van der Waals surface area contributed by atoms with E-state index in [9.17, 15) is 0 Å². The number of nitriles is 1. The number of aromatic nitrogens is 3. The highest BCUT2D eigenvalue weighted by Crippen LogP contribution is 2.13. The van der Waals surface area contributed by atoms with E-state index in [0.29, 0.717) is 24.5 Å². The minimum Gasteiger partial charge on any atom is -0.383 e. The number of rotatable bonds is 5. The first-order valence-corrected chi connectivity index (χ1v) is 5.46. The molecule has 0 radical (unpaired) electrons. The molecule has 1 N–H and O–H groups in total. The van der Waals surface area contributed by atoms with Crippen LogP contribution in [0.3, 0.4) is 0 Å². The lowest BCUT2D eigenvalue weighted by Gasteiger charge is -2.01. The third-order valence-electron chi connectivity index (χ3n) is 2.32. The predicted octanol–water partition coefficient (Wildman–Crippen LogP) is 1.54.